The van der Waals surface area contributed by atoms with Gasteiger partial charge >= 0.3 is 0 Å². The fraction of sp³-hybridized carbons (Fsp3) is 0.333. The van der Waals surface area contributed by atoms with Crippen molar-refractivity contribution in [3.63, 3.8) is 0 Å². The smallest absolute Gasteiger partial charge is 0.119 e. The minimum Gasteiger partial charge on any atom is -0.497 e. The summed E-state index contributed by atoms with van der Waals surface area (Å²) in [7, 11) is 1.68. The third-order valence-electron chi connectivity index (χ3n) is 2.90. The summed E-state index contributed by atoms with van der Waals surface area (Å²) in [5.41, 5.74) is 2.59. The SMILES string of the molecule is COc1ccc(NCCC2=CCCC=C2)cc1. The number of rotatable bonds is 5. The number of methoxy groups -OCH3 is 1. The van der Waals surface area contributed by atoms with Gasteiger partial charge in [0.15, 0.2) is 0 Å². The molecular formula is C15H19NO. The molecule has 0 unspecified atom stereocenters. The molecule has 0 aliphatic heterocycles. The van der Waals surface area contributed by atoms with Crippen molar-refractivity contribution in [2.24, 2.45) is 0 Å². The van der Waals surface area contributed by atoms with Gasteiger partial charge in [-0.1, -0.05) is 23.8 Å². The first-order valence-electron chi connectivity index (χ1n) is 6.12. The fourth-order valence-electron chi connectivity index (χ4n) is 1.91. The number of anilines is 1. The number of hydrogen-bond donors (Lipinski definition) is 1. The van der Waals surface area contributed by atoms with Crippen LogP contribution in [0.25, 0.3) is 0 Å². The van der Waals surface area contributed by atoms with E-state index in [1.54, 1.807) is 7.11 Å². The zero-order chi connectivity index (χ0) is 11.9. The average molecular weight is 229 g/mol. The molecule has 0 spiro atoms. The van der Waals surface area contributed by atoms with E-state index in [4.69, 9.17) is 4.74 Å². The van der Waals surface area contributed by atoms with Gasteiger partial charge in [0, 0.05) is 12.2 Å². The first-order valence-corrected chi connectivity index (χ1v) is 6.12. The lowest BCUT2D eigenvalue weighted by atomic mass is 10.0. The highest BCUT2D eigenvalue weighted by Crippen LogP contribution is 2.16. The molecule has 0 heterocycles. The standard InChI is InChI=1S/C15H19NO/c1-17-15-9-7-14(8-10-15)16-12-11-13-5-3-2-4-6-13/h3,5-10,16H,2,4,11-12H2,1H3. The van der Waals surface area contributed by atoms with Gasteiger partial charge in [0.05, 0.1) is 7.11 Å². The number of benzene rings is 1. The highest BCUT2D eigenvalue weighted by atomic mass is 16.5. The molecule has 0 atom stereocenters. The summed E-state index contributed by atoms with van der Waals surface area (Å²) in [4.78, 5) is 0. The van der Waals surface area contributed by atoms with Gasteiger partial charge in [-0.05, 0) is 43.5 Å². The Bertz CT molecular complexity index is 403. The fourth-order valence-corrected chi connectivity index (χ4v) is 1.91. The van der Waals surface area contributed by atoms with Gasteiger partial charge in [-0.2, -0.15) is 0 Å². The minimum atomic E-state index is 0.897. The van der Waals surface area contributed by atoms with Crippen molar-refractivity contribution in [1.82, 2.24) is 0 Å². The highest BCUT2D eigenvalue weighted by Gasteiger charge is 1.98. The maximum absolute atomic E-state index is 5.12. The van der Waals surface area contributed by atoms with Crippen molar-refractivity contribution < 1.29 is 4.74 Å². The Hall–Kier alpha value is -1.70. The van der Waals surface area contributed by atoms with Crippen LogP contribution in [-0.2, 0) is 0 Å². The molecule has 0 saturated heterocycles. The van der Waals surface area contributed by atoms with E-state index in [9.17, 15) is 0 Å². The molecule has 1 N–H and O–H groups in total. The van der Waals surface area contributed by atoms with Crippen LogP contribution in [0.2, 0.25) is 0 Å². The summed E-state index contributed by atoms with van der Waals surface area (Å²) in [6.07, 6.45) is 10.3. The molecule has 0 fully saturated rings. The Morgan fingerprint density at radius 3 is 2.65 bits per heavy atom. The number of nitrogens with one attached hydrogen (secondary N) is 1. The van der Waals surface area contributed by atoms with E-state index in [-0.39, 0.29) is 0 Å². The zero-order valence-corrected chi connectivity index (χ0v) is 10.3. The van der Waals surface area contributed by atoms with E-state index in [1.807, 2.05) is 24.3 Å². The second-order valence-corrected chi connectivity index (χ2v) is 4.16. The molecule has 1 aliphatic rings. The quantitative estimate of drug-likeness (QED) is 0.829. The van der Waals surface area contributed by atoms with Gasteiger partial charge in [-0.15, -0.1) is 0 Å². The predicted octanol–water partition coefficient (Wildman–Crippen LogP) is 3.77. The molecule has 1 aliphatic carbocycles. The van der Waals surface area contributed by atoms with Gasteiger partial charge < -0.3 is 10.1 Å². The third kappa shape index (κ3) is 3.66. The van der Waals surface area contributed by atoms with Crippen LogP contribution in [0, 0.1) is 0 Å². The number of hydrogen-bond acceptors (Lipinski definition) is 2. The summed E-state index contributed by atoms with van der Waals surface area (Å²) in [5.74, 6) is 0.897. The van der Waals surface area contributed by atoms with Gasteiger partial charge in [0.25, 0.3) is 0 Å². The molecule has 0 saturated carbocycles. The largest absolute Gasteiger partial charge is 0.497 e. The molecule has 0 bridgehead atoms. The third-order valence-corrected chi connectivity index (χ3v) is 2.90. The predicted molar refractivity (Wildman–Crippen MR) is 72.6 cm³/mol. The molecule has 17 heavy (non-hydrogen) atoms. The van der Waals surface area contributed by atoms with Crippen LogP contribution in [0.15, 0.2) is 48.1 Å². The van der Waals surface area contributed by atoms with Crippen LogP contribution >= 0.6 is 0 Å². The molecule has 2 nitrogen and oxygen atoms in total. The zero-order valence-electron chi connectivity index (χ0n) is 10.3. The Balaban J connectivity index is 1.77. The Morgan fingerprint density at radius 2 is 2.00 bits per heavy atom. The number of allylic oxidation sites excluding steroid dienone is 3. The van der Waals surface area contributed by atoms with Crippen molar-refractivity contribution >= 4 is 5.69 Å². The normalized spacial score (nSPS) is 14.3. The van der Waals surface area contributed by atoms with E-state index in [0.29, 0.717) is 0 Å². The van der Waals surface area contributed by atoms with E-state index in [0.717, 1.165) is 24.4 Å². The molecule has 0 aromatic heterocycles. The monoisotopic (exact) mass is 229 g/mol. The molecule has 1 aromatic carbocycles. The molecule has 1 aromatic rings. The average Bonchev–Trinajstić information content (AvgIpc) is 2.41. The van der Waals surface area contributed by atoms with Crippen LogP contribution in [-0.4, -0.2) is 13.7 Å². The topological polar surface area (TPSA) is 21.3 Å². The molecule has 0 radical (unpaired) electrons. The first-order chi connectivity index (χ1) is 8.38. The van der Waals surface area contributed by atoms with Crippen molar-refractivity contribution in [3.05, 3.63) is 48.1 Å². The lowest BCUT2D eigenvalue weighted by Crippen LogP contribution is -2.02. The first kappa shape index (κ1) is 11.8. The van der Waals surface area contributed by atoms with Crippen LogP contribution in [0.5, 0.6) is 5.75 Å². The summed E-state index contributed by atoms with van der Waals surface area (Å²) in [5, 5.41) is 3.41. The van der Waals surface area contributed by atoms with Crippen molar-refractivity contribution in [3.8, 4) is 5.75 Å². The van der Waals surface area contributed by atoms with E-state index in [2.05, 4.69) is 23.5 Å². The van der Waals surface area contributed by atoms with Gasteiger partial charge in [-0.25, -0.2) is 0 Å². The molecule has 2 heteroatoms. The maximum atomic E-state index is 5.12. The Kier molecular flexibility index (Phi) is 4.25. The lowest BCUT2D eigenvalue weighted by molar-refractivity contribution is 0.415. The van der Waals surface area contributed by atoms with Gasteiger partial charge in [0.1, 0.15) is 5.75 Å². The second-order valence-electron chi connectivity index (χ2n) is 4.16. The van der Waals surface area contributed by atoms with Crippen molar-refractivity contribution in [1.29, 1.82) is 0 Å². The Morgan fingerprint density at radius 1 is 1.18 bits per heavy atom. The lowest BCUT2D eigenvalue weighted by Gasteiger charge is -2.09. The molecular weight excluding hydrogens is 210 g/mol. The summed E-state index contributed by atoms with van der Waals surface area (Å²) < 4.78 is 5.12. The second kappa shape index (κ2) is 6.14. The van der Waals surface area contributed by atoms with Crippen molar-refractivity contribution in [2.45, 2.75) is 19.3 Å². The van der Waals surface area contributed by atoms with E-state index >= 15 is 0 Å². The molecule has 2 rings (SSSR count). The van der Waals surface area contributed by atoms with E-state index in [1.165, 1.54) is 18.4 Å². The van der Waals surface area contributed by atoms with Crippen LogP contribution < -0.4 is 10.1 Å². The van der Waals surface area contributed by atoms with E-state index < -0.39 is 0 Å². The summed E-state index contributed by atoms with van der Waals surface area (Å²) >= 11 is 0. The molecule has 90 valence electrons. The van der Waals surface area contributed by atoms with Crippen molar-refractivity contribution in [2.75, 3.05) is 19.0 Å². The van der Waals surface area contributed by atoms with Gasteiger partial charge in [0.2, 0.25) is 0 Å². The maximum Gasteiger partial charge on any atom is 0.119 e. The number of ether oxygens (including phenoxy) is 1. The van der Waals surface area contributed by atoms with Crippen LogP contribution in [0.4, 0.5) is 5.69 Å². The highest BCUT2D eigenvalue weighted by molar-refractivity contribution is 5.46. The van der Waals surface area contributed by atoms with Crippen LogP contribution in [0.3, 0.4) is 0 Å². The Labute approximate surface area is 103 Å². The minimum absolute atomic E-state index is 0.897. The van der Waals surface area contributed by atoms with Gasteiger partial charge in [-0.3, -0.25) is 0 Å². The summed E-state index contributed by atoms with van der Waals surface area (Å²) in [6.45, 7) is 0.975. The van der Waals surface area contributed by atoms with Crippen LogP contribution in [0.1, 0.15) is 19.3 Å². The molecule has 0 amide bonds. The summed E-state index contributed by atoms with van der Waals surface area (Å²) in [6, 6.07) is 8.04.